The molecule has 1 saturated heterocycles. The molecule has 1 fully saturated rings. The van der Waals surface area contributed by atoms with Crippen molar-refractivity contribution in [2.45, 2.75) is 17.6 Å². The number of hydrogen-bond acceptors (Lipinski definition) is 5. The van der Waals surface area contributed by atoms with Crippen LogP contribution in [-0.2, 0) is 20.6 Å². The fourth-order valence-electron chi connectivity index (χ4n) is 4.38. The summed E-state index contributed by atoms with van der Waals surface area (Å²) in [4.78, 5) is 16.6. The topological polar surface area (TPSA) is 99.6 Å². The summed E-state index contributed by atoms with van der Waals surface area (Å²) in [5, 5.41) is 3.36. The van der Waals surface area contributed by atoms with Crippen LogP contribution in [0.4, 0.5) is 0 Å². The predicted molar refractivity (Wildman–Crippen MR) is 141 cm³/mol. The summed E-state index contributed by atoms with van der Waals surface area (Å²) in [7, 11) is -4.76. The molecule has 0 bridgehead atoms. The lowest BCUT2D eigenvalue weighted by Crippen LogP contribution is -2.73. The number of pyridine rings is 1. The van der Waals surface area contributed by atoms with Crippen molar-refractivity contribution in [1.82, 2.24) is 14.6 Å². The van der Waals surface area contributed by atoms with E-state index >= 15 is 0 Å². The van der Waals surface area contributed by atoms with Gasteiger partial charge in [0.25, 0.3) is 5.91 Å². The summed E-state index contributed by atoms with van der Waals surface area (Å²) in [6.07, 6.45) is 9.05. The smallest absolute Gasteiger partial charge is 0.286 e. The number of terminal acetylenes is 1. The Bertz CT molecular complexity index is 1340. The Morgan fingerprint density at radius 1 is 0.784 bits per heavy atom. The first-order chi connectivity index (χ1) is 17.9. The maximum Gasteiger partial charge on any atom is 0.363 e. The monoisotopic (exact) mass is 511 g/mol. The van der Waals surface area contributed by atoms with Crippen LogP contribution >= 0.6 is 0 Å². The fraction of sp³-hybridized carbons (Fsp3) is 0.103. The van der Waals surface area contributed by atoms with Crippen molar-refractivity contribution in [3.05, 3.63) is 138 Å². The fourth-order valence-corrected chi connectivity index (χ4v) is 5.20. The molecule has 1 aromatic heterocycles. The zero-order valence-corrected chi connectivity index (χ0v) is 20.6. The summed E-state index contributed by atoms with van der Waals surface area (Å²) in [5.74, 6) is 1.51. The average Bonchev–Trinajstić information content (AvgIpc) is 2.94. The summed E-state index contributed by atoms with van der Waals surface area (Å²) < 4.78 is 33.1. The highest BCUT2D eigenvalue weighted by atomic mass is 32.2. The molecule has 1 aliphatic heterocycles. The van der Waals surface area contributed by atoms with Crippen LogP contribution in [0.2, 0.25) is 0 Å². The van der Waals surface area contributed by atoms with Crippen molar-refractivity contribution < 1.29 is 17.8 Å². The molecular weight excluding hydrogens is 486 g/mol. The zero-order valence-electron chi connectivity index (χ0n) is 19.8. The van der Waals surface area contributed by atoms with Gasteiger partial charge in [-0.05, 0) is 28.8 Å². The molecule has 8 heteroatoms. The lowest BCUT2D eigenvalue weighted by molar-refractivity contribution is -0.140. The van der Waals surface area contributed by atoms with Crippen LogP contribution in [-0.4, -0.2) is 40.3 Å². The highest BCUT2D eigenvalue weighted by molar-refractivity contribution is 7.84. The zero-order chi connectivity index (χ0) is 26.3. The Labute approximate surface area is 216 Å². The van der Waals surface area contributed by atoms with Crippen LogP contribution in [0.5, 0.6) is 0 Å². The van der Waals surface area contributed by atoms with Gasteiger partial charge >= 0.3 is 10.3 Å². The first kappa shape index (κ1) is 25.8. The van der Waals surface area contributed by atoms with E-state index in [1.165, 1.54) is 0 Å². The van der Waals surface area contributed by atoms with Crippen LogP contribution in [0.15, 0.2) is 122 Å². The summed E-state index contributed by atoms with van der Waals surface area (Å²) in [6.45, 7) is 0. The number of β-lactam (4-membered cyclic amide) rings is 1. The van der Waals surface area contributed by atoms with Crippen LogP contribution < -0.4 is 5.32 Å². The number of hydrogen-bond donors (Lipinski definition) is 2. The molecule has 3 aromatic carbocycles. The van der Waals surface area contributed by atoms with Gasteiger partial charge in [-0.25, -0.2) is 0 Å². The summed E-state index contributed by atoms with van der Waals surface area (Å²) in [6, 6.07) is 32.2. The van der Waals surface area contributed by atoms with E-state index in [0.29, 0.717) is 4.31 Å². The Kier molecular flexibility index (Phi) is 7.80. The van der Waals surface area contributed by atoms with Gasteiger partial charge < -0.3 is 0 Å². The van der Waals surface area contributed by atoms with E-state index in [9.17, 15) is 17.8 Å². The van der Waals surface area contributed by atoms with Gasteiger partial charge in [-0.1, -0.05) is 103 Å². The standard InChI is InChI=1S/C24H20N2O4S.C5H5N/c1-2-21-22(23(27)26(21)31(28,29)30)25-24(18-12-6-3-7-13-18,19-14-8-4-9-15-19)20-16-10-5-11-17-20;1-2-4-6-5-3-1/h1,3-17,21-22,25H,(H,28,29,30);1-5H/t21-,22-;/m0./s1. The summed E-state index contributed by atoms with van der Waals surface area (Å²) >= 11 is 0. The van der Waals surface area contributed by atoms with E-state index in [4.69, 9.17) is 6.42 Å². The molecule has 4 aromatic rings. The number of carbonyl (C=O) groups excluding carboxylic acids is 1. The first-order valence-electron chi connectivity index (χ1n) is 11.5. The second kappa shape index (κ2) is 11.2. The largest absolute Gasteiger partial charge is 0.363 e. The van der Waals surface area contributed by atoms with Gasteiger partial charge in [-0.3, -0.25) is 19.6 Å². The van der Waals surface area contributed by atoms with Crippen molar-refractivity contribution in [3.8, 4) is 12.3 Å². The molecule has 7 nitrogen and oxygen atoms in total. The van der Waals surface area contributed by atoms with E-state index in [2.05, 4.69) is 16.2 Å². The third-order valence-corrected chi connectivity index (χ3v) is 6.93. The van der Waals surface area contributed by atoms with Gasteiger partial charge in [0.05, 0.1) is 5.54 Å². The van der Waals surface area contributed by atoms with E-state index in [1.807, 2.05) is 109 Å². The molecule has 0 saturated carbocycles. The van der Waals surface area contributed by atoms with Crippen molar-refractivity contribution in [3.63, 3.8) is 0 Å². The van der Waals surface area contributed by atoms with Crippen LogP contribution in [0.25, 0.3) is 0 Å². The van der Waals surface area contributed by atoms with Gasteiger partial charge in [0.2, 0.25) is 0 Å². The molecule has 1 aliphatic rings. The molecule has 0 spiro atoms. The Hall–Kier alpha value is -4.29. The molecule has 2 N–H and O–H groups in total. The van der Waals surface area contributed by atoms with E-state index < -0.39 is 33.8 Å². The molecule has 186 valence electrons. The van der Waals surface area contributed by atoms with Gasteiger partial charge in [0, 0.05) is 12.4 Å². The number of nitrogens with zero attached hydrogens (tertiary/aromatic N) is 2. The number of aromatic nitrogens is 1. The molecule has 2 atom stereocenters. The third kappa shape index (κ3) is 5.29. The molecule has 1 amide bonds. The van der Waals surface area contributed by atoms with Crippen molar-refractivity contribution >= 4 is 16.2 Å². The highest BCUT2D eigenvalue weighted by Crippen LogP contribution is 2.39. The molecule has 37 heavy (non-hydrogen) atoms. The van der Waals surface area contributed by atoms with E-state index in [0.717, 1.165) is 16.7 Å². The molecule has 5 rings (SSSR count). The van der Waals surface area contributed by atoms with Crippen LogP contribution in [0, 0.1) is 12.3 Å². The normalized spacial score (nSPS) is 17.1. The Morgan fingerprint density at radius 3 is 1.49 bits per heavy atom. The van der Waals surface area contributed by atoms with Crippen molar-refractivity contribution in [1.29, 1.82) is 0 Å². The lowest BCUT2D eigenvalue weighted by atomic mass is 9.75. The maximum atomic E-state index is 12.8. The minimum absolute atomic E-state index is 0.330. The molecular formula is C29H25N3O4S. The number of nitrogens with one attached hydrogen (secondary N) is 1. The van der Waals surface area contributed by atoms with Gasteiger partial charge in [-0.15, -0.1) is 6.42 Å². The third-order valence-electron chi connectivity index (χ3n) is 6.03. The SMILES string of the molecule is C#C[C@H]1[C@H](NC(c2ccccc2)(c2ccccc2)c2ccccc2)C(=O)N1S(=O)(=O)O.c1ccncc1. The summed E-state index contributed by atoms with van der Waals surface area (Å²) in [5.41, 5.74) is 1.55. The molecule has 2 heterocycles. The molecule has 0 unspecified atom stereocenters. The second-order valence-corrected chi connectivity index (χ2v) is 9.51. The first-order valence-corrected chi connectivity index (χ1v) is 12.9. The van der Waals surface area contributed by atoms with Gasteiger partial charge in [0.1, 0.15) is 12.1 Å². The molecule has 0 radical (unpaired) electrons. The highest BCUT2D eigenvalue weighted by Gasteiger charge is 2.55. The van der Waals surface area contributed by atoms with Crippen LogP contribution in [0.1, 0.15) is 16.7 Å². The van der Waals surface area contributed by atoms with Gasteiger partial charge in [0.15, 0.2) is 0 Å². The quantitative estimate of drug-likeness (QED) is 0.177. The number of amides is 1. The van der Waals surface area contributed by atoms with E-state index in [-0.39, 0.29) is 0 Å². The maximum absolute atomic E-state index is 12.8. The number of carbonyl (C=O) groups is 1. The van der Waals surface area contributed by atoms with Gasteiger partial charge in [-0.2, -0.15) is 12.7 Å². The predicted octanol–water partition coefficient (Wildman–Crippen LogP) is 3.67. The lowest BCUT2D eigenvalue weighted by Gasteiger charge is -2.47. The minimum atomic E-state index is -4.76. The van der Waals surface area contributed by atoms with Crippen molar-refractivity contribution in [2.75, 3.05) is 0 Å². The van der Waals surface area contributed by atoms with Crippen molar-refractivity contribution in [2.24, 2.45) is 0 Å². The van der Waals surface area contributed by atoms with E-state index in [1.54, 1.807) is 12.4 Å². The second-order valence-electron chi connectivity index (χ2n) is 8.22. The van der Waals surface area contributed by atoms with Crippen LogP contribution in [0.3, 0.4) is 0 Å². The number of rotatable bonds is 6. The molecule has 0 aliphatic carbocycles. The average molecular weight is 512 g/mol. The Morgan fingerprint density at radius 2 is 1.19 bits per heavy atom. The minimum Gasteiger partial charge on any atom is -0.286 e. The Balaban J connectivity index is 0.000000469. The number of benzene rings is 3.